The molecule has 0 aromatic rings. The Balaban J connectivity index is 4.80. The molecule has 0 rings (SSSR count). The molecule has 0 bridgehead atoms. The molecule has 0 amide bonds. The lowest BCUT2D eigenvalue weighted by Gasteiger charge is -2.38. The van der Waals surface area contributed by atoms with Crippen molar-refractivity contribution in [2.24, 2.45) is 0 Å². The van der Waals surface area contributed by atoms with Crippen LogP contribution >= 0.6 is 0 Å². The van der Waals surface area contributed by atoms with Gasteiger partial charge >= 0.3 is 0 Å². The molecule has 0 heterocycles. The van der Waals surface area contributed by atoms with Gasteiger partial charge in [0.05, 0.1) is 5.54 Å². The first-order valence-electron chi connectivity index (χ1n) is 6.41. The van der Waals surface area contributed by atoms with Crippen LogP contribution in [0, 0.1) is 0 Å². The zero-order chi connectivity index (χ0) is 12.8. The maximum absolute atomic E-state index is 12.3. The van der Waals surface area contributed by atoms with Crippen molar-refractivity contribution in [3.05, 3.63) is 12.2 Å². The summed E-state index contributed by atoms with van der Waals surface area (Å²) in [6.45, 7) is 16.2. The molecule has 0 aromatic heterocycles. The van der Waals surface area contributed by atoms with Gasteiger partial charge in [-0.3, -0.25) is 9.69 Å². The second-order valence-electron chi connectivity index (χ2n) is 4.50. The van der Waals surface area contributed by atoms with Gasteiger partial charge in [-0.25, -0.2) is 0 Å². The van der Waals surface area contributed by atoms with Gasteiger partial charge in [0, 0.05) is 6.42 Å². The molecule has 0 N–H and O–H groups in total. The van der Waals surface area contributed by atoms with Crippen molar-refractivity contribution in [2.45, 2.75) is 59.4 Å². The first-order chi connectivity index (χ1) is 7.46. The van der Waals surface area contributed by atoms with Gasteiger partial charge in [-0.2, -0.15) is 0 Å². The number of nitrogens with zero attached hydrogens (tertiary/aromatic N) is 1. The topological polar surface area (TPSA) is 20.3 Å². The summed E-state index contributed by atoms with van der Waals surface area (Å²) in [5.41, 5.74) is 0.721. The van der Waals surface area contributed by atoms with E-state index in [0.717, 1.165) is 31.5 Å². The standard InChI is InChI=1S/C14H27NO/c1-7-12(5)11-13(16)14(6,8-2)15(9-3)10-4/h5,7-11H2,1-4,6H3. The van der Waals surface area contributed by atoms with Gasteiger partial charge in [-0.05, 0) is 32.9 Å². The highest BCUT2D eigenvalue weighted by Gasteiger charge is 2.35. The molecule has 94 valence electrons. The van der Waals surface area contributed by atoms with E-state index in [9.17, 15) is 4.79 Å². The van der Waals surface area contributed by atoms with Gasteiger partial charge in [-0.15, -0.1) is 0 Å². The van der Waals surface area contributed by atoms with Crippen LogP contribution in [0.2, 0.25) is 0 Å². The highest BCUT2D eigenvalue weighted by atomic mass is 16.1. The quantitative estimate of drug-likeness (QED) is 0.590. The summed E-state index contributed by atoms with van der Waals surface area (Å²) in [5.74, 6) is 0.311. The average molecular weight is 225 g/mol. The fourth-order valence-corrected chi connectivity index (χ4v) is 2.06. The highest BCUT2D eigenvalue weighted by Crippen LogP contribution is 2.23. The maximum Gasteiger partial charge on any atom is 0.156 e. The number of ketones is 1. The van der Waals surface area contributed by atoms with Crippen molar-refractivity contribution >= 4 is 5.78 Å². The summed E-state index contributed by atoms with van der Waals surface area (Å²) in [6, 6.07) is 0. The molecule has 0 saturated carbocycles. The number of hydrogen-bond acceptors (Lipinski definition) is 2. The molecule has 0 aliphatic carbocycles. The predicted octanol–water partition coefficient (Wildman–Crippen LogP) is 3.42. The number of hydrogen-bond donors (Lipinski definition) is 0. The maximum atomic E-state index is 12.3. The van der Waals surface area contributed by atoms with Gasteiger partial charge < -0.3 is 0 Å². The van der Waals surface area contributed by atoms with Crippen LogP contribution in [-0.4, -0.2) is 29.3 Å². The van der Waals surface area contributed by atoms with Crippen molar-refractivity contribution in [3.63, 3.8) is 0 Å². The summed E-state index contributed by atoms with van der Waals surface area (Å²) in [6.07, 6.45) is 2.28. The fourth-order valence-electron chi connectivity index (χ4n) is 2.06. The lowest BCUT2D eigenvalue weighted by molar-refractivity contribution is -0.129. The number of carbonyl (C=O) groups is 1. The number of Topliss-reactive ketones (excluding diaryl/α,β-unsaturated/α-hetero) is 1. The van der Waals surface area contributed by atoms with E-state index >= 15 is 0 Å². The molecule has 0 spiro atoms. The highest BCUT2D eigenvalue weighted by molar-refractivity contribution is 5.89. The van der Waals surface area contributed by atoms with Crippen LogP contribution in [0.5, 0.6) is 0 Å². The van der Waals surface area contributed by atoms with Crippen molar-refractivity contribution in [1.29, 1.82) is 0 Å². The van der Waals surface area contributed by atoms with Crippen molar-refractivity contribution < 1.29 is 4.79 Å². The third-order valence-electron chi connectivity index (χ3n) is 3.66. The molecule has 0 saturated heterocycles. The molecule has 2 nitrogen and oxygen atoms in total. The van der Waals surface area contributed by atoms with Gasteiger partial charge in [0.15, 0.2) is 5.78 Å². The van der Waals surface area contributed by atoms with E-state index in [1.54, 1.807) is 0 Å². The Morgan fingerprint density at radius 2 is 1.69 bits per heavy atom. The summed E-state index contributed by atoms with van der Waals surface area (Å²) in [7, 11) is 0. The third kappa shape index (κ3) is 3.44. The van der Waals surface area contributed by atoms with Crippen LogP contribution in [0.4, 0.5) is 0 Å². The molecule has 0 aliphatic heterocycles. The van der Waals surface area contributed by atoms with Gasteiger partial charge in [0.25, 0.3) is 0 Å². The van der Waals surface area contributed by atoms with Crippen molar-refractivity contribution in [3.8, 4) is 0 Å². The SMILES string of the molecule is C=C(CC)CC(=O)C(C)(CC)N(CC)CC. The van der Waals surface area contributed by atoms with Crippen LogP contribution in [0.15, 0.2) is 12.2 Å². The molecule has 0 aromatic carbocycles. The van der Waals surface area contributed by atoms with E-state index in [1.807, 2.05) is 0 Å². The molecule has 0 radical (unpaired) electrons. The zero-order valence-electron chi connectivity index (χ0n) is 11.6. The summed E-state index contributed by atoms with van der Waals surface area (Å²) >= 11 is 0. The Hall–Kier alpha value is -0.630. The molecule has 0 aliphatic rings. The minimum atomic E-state index is -0.318. The molecular weight excluding hydrogens is 198 g/mol. The van der Waals surface area contributed by atoms with Gasteiger partial charge in [-0.1, -0.05) is 39.8 Å². The number of carbonyl (C=O) groups excluding carboxylic acids is 1. The summed E-state index contributed by atoms with van der Waals surface area (Å²) < 4.78 is 0. The third-order valence-corrected chi connectivity index (χ3v) is 3.66. The Bertz CT molecular complexity index is 243. The average Bonchev–Trinajstić information content (AvgIpc) is 2.29. The van der Waals surface area contributed by atoms with E-state index in [4.69, 9.17) is 0 Å². The molecule has 1 unspecified atom stereocenters. The minimum Gasteiger partial charge on any atom is -0.297 e. The Kier molecular flexibility index (Phi) is 6.58. The first kappa shape index (κ1) is 15.4. The molecule has 16 heavy (non-hydrogen) atoms. The molecular formula is C14H27NO. The monoisotopic (exact) mass is 225 g/mol. The van der Waals surface area contributed by atoms with Crippen LogP contribution in [-0.2, 0) is 4.79 Å². The number of rotatable bonds is 8. The second kappa shape index (κ2) is 6.85. The zero-order valence-corrected chi connectivity index (χ0v) is 11.6. The normalized spacial score (nSPS) is 14.9. The first-order valence-corrected chi connectivity index (χ1v) is 6.41. The van der Waals surface area contributed by atoms with Crippen molar-refractivity contribution in [1.82, 2.24) is 4.90 Å². The van der Waals surface area contributed by atoms with Gasteiger partial charge in [0.1, 0.15) is 0 Å². The van der Waals surface area contributed by atoms with E-state index in [1.165, 1.54) is 0 Å². The van der Waals surface area contributed by atoms with E-state index < -0.39 is 0 Å². The smallest absolute Gasteiger partial charge is 0.156 e. The minimum absolute atomic E-state index is 0.311. The number of likely N-dealkylation sites (N-methyl/N-ethyl adjacent to an activating group) is 1. The predicted molar refractivity (Wildman–Crippen MR) is 70.7 cm³/mol. The Morgan fingerprint density at radius 1 is 1.19 bits per heavy atom. The van der Waals surface area contributed by atoms with Crippen LogP contribution in [0.25, 0.3) is 0 Å². The van der Waals surface area contributed by atoms with Crippen LogP contribution in [0.3, 0.4) is 0 Å². The van der Waals surface area contributed by atoms with Crippen LogP contribution in [0.1, 0.15) is 53.9 Å². The molecule has 2 heteroatoms. The van der Waals surface area contributed by atoms with E-state index in [2.05, 4.69) is 46.1 Å². The van der Waals surface area contributed by atoms with E-state index in [-0.39, 0.29) is 5.54 Å². The second-order valence-corrected chi connectivity index (χ2v) is 4.50. The Morgan fingerprint density at radius 3 is 2.00 bits per heavy atom. The largest absolute Gasteiger partial charge is 0.297 e. The van der Waals surface area contributed by atoms with Gasteiger partial charge in [0.2, 0.25) is 0 Å². The van der Waals surface area contributed by atoms with Crippen LogP contribution < -0.4 is 0 Å². The molecule has 1 atom stereocenters. The summed E-state index contributed by atoms with van der Waals surface area (Å²) in [4.78, 5) is 14.6. The summed E-state index contributed by atoms with van der Waals surface area (Å²) in [5, 5.41) is 0. The molecule has 0 fully saturated rings. The fraction of sp³-hybridized carbons (Fsp3) is 0.786. The van der Waals surface area contributed by atoms with E-state index in [0.29, 0.717) is 12.2 Å². The number of allylic oxidation sites excluding steroid dienone is 1. The lowest BCUT2D eigenvalue weighted by atomic mass is 9.87. The Labute approximate surface area is 101 Å². The lowest BCUT2D eigenvalue weighted by Crippen LogP contribution is -2.51. The van der Waals surface area contributed by atoms with Crippen molar-refractivity contribution in [2.75, 3.05) is 13.1 Å².